The van der Waals surface area contributed by atoms with Gasteiger partial charge in [0.05, 0.1) is 10.2 Å². The van der Waals surface area contributed by atoms with E-state index < -0.39 is 11.6 Å². The van der Waals surface area contributed by atoms with Gasteiger partial charge in [0.15, 0.2) is 5.82 Å². The SMILES string of the molecule is CCCNCc1ccn(-c2cc(Br)c(F)cc2F)n1. The summed E-state index contributed by atoms with van der Waals surface area (Å²) < 4.78 is 28.5. The first-order valence-electron chi connectivity index (χ1n) is 6.02. The van der Waals surface area contributed by atoms with Crippen LogP contribution in [-0.2, 0) is 6.54 Å². The van der Waals surface area contributed by atoms with Crippen LogP contribution in [-0.4, -0.2) is 16.3 Å². The van der Waals surface area contributed by atoms with E-state index in [-0.39, 0.29) is 10.2 Å². The van der Waals surface area contributed by atoms with Gasteiger partial charge in [-0.1, -0.05) is 6.92 Å². The molecule has 19 heavy (non-hydrogen) atoms. The topological polar surface area (TPSA) is 29.9 Å². The lowest BCUT2D eigenvalue weighted by molar-refractivity contribution is 0.568. The van der Waals surface area contributed by atoms with Crippen LogP contribution in [0.2, 0.25) is 0 Å². The Hall–Kier alpha value is -1.27. The van der Waals surface area contributed by atoms with Crippen molar-refractivity contribution >= 4 is 15.9 Å². The van der Waals surface area contributed by atoms with E-state index in [1.807, 2.05) is 0 Å². The zero-order chi connectivity index (χ0) is 13.8. The van der Waals surface area contributed by atoms with Gasteiger partial charge in [-0.3, -0.25) is 0 Å². The second-order valence-corrected chi connectivity index (χ2v) is 5.00. The minimum absolute atomic E-state index is 0.213. The summed E-state index contributed by atoms with van der Waals surface area (Å²) in [5.41, 5.74) is 1.03. The maximum Gasteiger partial charge on any atom is 0.151 e. The zero-order valence-electron chi connectivity index (χ0n) is 10.5. The van der Waals surface area contributed by atoms with Crippen molar-refractivity contribution in [3.05, 3.63) is 46.2 Å². The van der Waals surface area contributed by atoms with Crippen LogP contribution in [0.5, 0.6) is 0 Å². The van der Waals surface area contributed by atoms with Gasteiger partial charge < -0.3 is 5.32 Å². The van der Waals surface area contributed by atoms with Crippen molar-refractivity contribution in [2.24, 2.45) is 0 Å². The number of hydrogen-bond donors (Lipinski definition) is 1. The maximum absolute atomic E-state index is 13.7. The van der Waals surface area contributed by atoms with E-state index in [2.05, 4.69) is 33.3 Å². The van der Waals surface area contributed by atoms with Gasteiger partial charge in [0.25, 0.3) is 0 Å². The molecular weight excluding hydrogens is 316 g/mol. The average molecular weight is 330 g/mol. The molecular formula is C13H14BrF2N3. The fourth-order valence-electron chi connectivity index (χ4n) is 1.67. The van der Waals surface area contributed by atoms with Gasteiger partial charge in [-0.15, -0.1) is 0 Å². The van der Waals surface area contributed by atoms with Gasteiger partial charge in [-0.2, -0.15) is 5.10 Å². The van der Waals surface area contributed by atoms with Crippen molar-refractivity contribution in [2.75, 3.05) is 6.54 Å². The molecule has 1 N–H and O–H groups in total. The lowest BCUT2D eigenvalue weighted by atomic mass is 10.3. The highest BCUT2D eigenvalue weighted by Crippen LogP contribution is 2.22. The molecule has 0 aliphatic carbocycles. The molecule has 102 valence electrons. The Morgan fingerprint density at radius 3 is 2.84 bits per heavy atom. The van der Waals surface area contributed by atoms with E-state index in [1.165, 1.54) is 10.7 Å². The number of halogens is 3. The molecule has 0 aliphatic rings. The molecule has 0 aliphatic heterocycles. The van der Waals surface area contributed by atoms with Gasteiger partial charge in [-0.05, 0) is 41.0 Å². The van der Waals surface area contributed by atoms with Crippen LogP contribution in [0.15, 0.2) is 28.9 Å². The van der Waals surface area contributed by atoms with Crippen molar-refractivity contribution in [3.63, 3.8) is 0 Å². The first-order chi connectivity index (χ1) is 9.11. The molecule has 0 saturated heterocycles. The second-order valence-electron chi connectivity index (χ2n) is 4.15. The smallest absolute Gasteiger partial charge is 0.151 e. The highest BCUT2D eigenvalue weighted by molar-refractivity contribution is 9.10. The molecule has 0 atom stereocenters. The Morgan fingerprint density at radius 1 is 1.32 bits per heavy atom. The Labute approximate surface area is 118 Å². The Bertz CT molecular complexity index is 569. The molecule has 0 saturated carbocycles. The van der Waals surface area contributed by atoms with Crippen molar-refractivity contribution in [1.29, 1.82) is 0 Å². The van der Waals surface area contributed by atoms with E-state index in [0.717, 1.165) is 24.7 Å². The Morgan fingerprint density at radius 2 is 2.11 bits per heavy atom. The third kappa shape index (κ3) is 3.39. The number of rotatable bonds is 5. The minimum Gasteiger partial charge on any atom is -0.311 e. The van der Waals surface area contributed by atoms with E-state index in [1.54, 1.807) is 12.3 Å². The lowest BCUT2D eigenvalue weighted by Gasteiger charge is -2.05. The lowest BCUT2D eigenvalue weighted by Crippen LogP contribution is -2.14. The molecule has 1 aromatic carbocycles. The van der Waals surface area contributed by atoms with E-state index in [0.29, 0.717) is 6.54 Å². The third-order valence-electron chi connectivity index (χ3n) is 2.61. The van der Waals surface area contributed by atoms with Crippen molar-refractivity contribution in [1.82, 2.24) is 15.1 Å². The zero-order valence-corrected chi connectivity index (χ0v) is 12.0. The normalized spacial score (nSPS) is 10.9. The first kappa shape index (κ1) is 14.1. The molecule has 2 rings (SSSR count). The molecule has 1 aromatic heterocycles. The molecule has 0 bridgehead atoms. The van der Waals surface area contributed by atoms with Crippen LogP contribution in [0.25, 0.3) is 5.69 Å². The third-order valence-corrected chi connectivity index (χ3v) is 3.22. The van der Waals surface area contributed by atoms with Crippen molar-refractivity contribution in [3.8, 4) is 5.69 Å². The highest BCUT2D eigenvalue weighted by Gasteiger charge is 2.11. The summed E-state index contributed by atoms with van der Waals surface area (Å²) in [4.78, 5) is 0. The van der Waals surface area contributed by atoms with Crippen molar-refractivity contribution in [2.45, 2.75) is 19.9 Å². The first-order valence-corrected chi connectivity index (χ1v) is 6.81. The molecule has 2 aromatic rings. The number of benzene rings is 1. The van der Waals surface area contributed by atoms with Gasteiger partial charge >= 0.3 is 0 Å². The number of nitrogens with zero attached hydrogens (tertiary/aromatic N) is 2. The number of hydrogen-bond acceptors (Lipinski definition) is 2. The minimum atomic E-state index is -0.642. The number of nitrogens with one attached hydrogen (secondary N) is 1. The average Bonchev–Trinajstić information content (AvgIpc) is 2.83. The molecule has 0 spiro atoms. The quantitative estimate of drug-likeness (QED) is 0.673. The van der Waals surface area contributed by atoms with Gasteiger partial charge in [-0.25, -0.2) is 13.5 Å². The van der Waals surface area contributed by atoms with Crippen LogP contribution in [0.1, 0.15) is 19.0 Å². The maximum atomic E-state index is 13.7. The molecule has 0 amide bonds. The van der Waals surface area contributed by atoms with Crippen LogP contribution in [0.4, 0.5) is 8.78 Å². The van der Waals surface area contributed by atoms with Gasteiger partial charge in [0.1, 0.15) is 11.5 Å². The molecule has 0 radical (unpaired) electrons. The second kappa shape index (κ2) is 6.25. The largest absolute Gasteiger partial charge is 0.311 e. The van der Waals surface area contributed by atoms with Crippen LogP contribution >= 0.6 is 15.9 Å². The van der Waals surface area contributed by atoms with Gasteiger partial charge in [0.2, 0.25) is 0 Å². The molecule has 0 unspecified atom stereocenters. The van der Waals surface area contributed by atoms with E-state index in [9.17, 15) is 8.78 Å². The molecule has 6 heteroatoms. The predicted molar refractivity (Wildman–Crippen MR) is 73.2 cm³/mol. The summed E-state index contributed by atoms with van der Waals surface area (Å²) in [6, 6.07) is 4.02. The van der Waals surface area contributed by atoms with Gasteiger partial charge in [0, 0.05) is 18.8 Å². The van der Waals surface area contributed by atoms with E-state index >= 15 is 0 Å². The summed E-state index contributed by atoms with van der Waals surface area (Å²) in [7, 11) is 0. The summed E-state index contributed by atoms with van der Waals surface area (Å²) in [6.07, 6.45) is 2.70. The number of aromatic nitrogens is 2. The van der Waals surface area contributed by atoms with Crippen molar-refractivity contribution < 1.29 is 8.78 Å². The standard InChI is InChI=1S/C13H14BrF2N3/c1-2-4-17-8-9-3-5-19(18-9)13-6-10(14)11(15)7-12(13)16/h3,5-7,17H,2,4,8H2,1H3. The molecule has 3 nitrogen and oxygen atoms in total. The predicted octanol–water partition coefficient (Wildman–Crippen LogP) is 3.41. The summed E-state index contributed by atoms with van der Waals surface area (Å²) in [6.45, 7) is 3.62. The Balaban J connectivity index is 2.20. The van der Waals surface area contributed by atoms with E-state index in [4.69, 9.17) is 0 Å². The fourth-order valence-corrected chi connectivity index (χ4v) is 2.00. The van der Waals surface area contributed by atoms with Crippen LogP contribution in [0.3, 0.4) is 0 Å². The summed E-state index contributed by atoms with van der Waals surface area (Å²) >= 11 is 3.04. The summed E-state index contributed by atoms with van der Waals surface area (Å²) in [5, 5.41) is 7.47. The summed E-state index contributed by atoms with van der Waals surface area (Å²) in [5.74, 6) is -1.27. The van der Waals surface area contributed by atoms with Crippen LogP contribution in [0, 0.1) is 11.6 Å². The molecule has 1 heterocycles. The fraction of sp³-hybridized carbons (Fsp3) is 0.308. The Kier molecular flexibility index (Phi) is 4.66. The molecule has 0 fully saturated rings. The van der Waals surface area contributed by atoms with Crippen LogP contribution < -0.4 is 5.32 Å². The monoisotopic (exact) mass is 329 g/mol. The highest BCUT2D eigenvalue weighted by atomic mass is 79.9.